The second-order valence-electron chi connectivity index (χ2n) is 4.86. The topological polar surface area (TPSA) is 37.8 Å². The number of hydrogen-bond acceptors (Lipinski definition) is 3. The molecule has 2 aromatic rings. The highest BCUT2D eigenvalue weighted by Crippen LogP contribution is 2.39. The van der Waals surface area contributed by atoms with Crippen LogP contribution in [0.1, 0.15) is 30.3 Å². The van der Waals surface area contributed by atoms with E-state index in [0.29, 0.717) is 23.1 Å². The molecule has 1 saturated carbocycles. The quantitative estimate of drug-likeness (QED) is 0.915. The summed E-state index contributed by atoms with van der Waals surface area (Å²) in [5.41, 5.74) is 0.785. The van der Waals surface area contributed by atoms with Gasteiger partial charge in [-0.1, -0.05) is 11.6 Å². The van der Waals surface area contributed by atoms with E-state index in [1.54, 1.807) is 6.92 Å². The summed E-state index contributed by atoms with van der Waals surface area (Å²) in [6, 6.07) is 4.10. The number of aryl methyl sites for hydroxylation is 1. The molecule has 1 fully saturated rings. The summed E-state index contributed by atoms with van der Waals surface area (Å²) < 4.78 is 27.1. The van der Waals surface area contributed by atoms with E-state index in [1.807, 2.05) is 0 Å². The molecule has 0 bridgehead atoms. The van der Waals surface area contributed by atoms with Crippen LogP contribution in [0, 0.1) is 18.6 Å². The van der Waals surface area contributed by atoms with E-state index in [9.17, 15) is 8.78 Å². The zero-order valence-corrected chi connectivity index (χ0v) is 11.5. The third-order valence-electron chi connectivity index (χ3n) is 3.16. The van der Waals surface area contributed by atoms with Crippen LogP contribution >= 0.6 is 11.6 Å². The SMILES string of the molecule is Cc1nc(C2CC2)nc(Nc2ccc(F)c(Cl)c2)c1F. The van der Waals surface area contributed by atoms with Crippen LogP contribution in [0.3, 0.4) is 0 Å². The van der Waals surface area contributed by atoms with Gasteiger partial charge in [0.15, 0.2) is 11.6 Å². The van der Waals surface area contributed by atoms with Crippen molar-refractivity contribution in [1.29, 1.82) is 0 Å². The van der Waals surface area contributed by atoms with Crippen molar-refractivity contribution in [1.82, 2.24) is 9.97 Å². The Labute approximate surface area is 120 Å². The molecule has 104 valence electrons. The average Bonchev–Trinajstić information content (AvgIpc) is 3.23. The maximum absolute atomic E-state index is 14.0. The summed E-state index contributed by atoms with van der Waals surface area (Å²) in [6.07, 6.45) is 2.07. The molecule has 6 heteroatoms. The minimum absolute atomic E-state index is 0.0244. The van der Waals surface area contributed by atoms with Crippen LogP contribution in [0.4, 0.5) is 20.3 Å². The molecule has 0 amide bonds. The third-order valence-corrected chi connectivity index (χ3v) is 3.45. The molecular weight excluding hydrogens is 284 g/mol. The smallest absolute Gasteiger partial charge is 0.186 e. The number of halogens is 3. The van der Waals surface area contributed by atoms with E-state index < -0.39 is 11.6 Å². The van der Waals surface area contributed by atoms with Gasteiger partial charge >= 0.3 is 0 Å². The van der Waals surface area contributed by atoms with Gasteiger partial charge in [0.1, 0.15) is 11.6 Å². The Balaban J connectivity index is 1.94. The standard InChI is InChI=1S/C14H12ClF2N3/c1-7-12(17)14(20-13(18-7)8-2-3-8)19-9-4-5-11(16)10(15)6-9/h4-6,8H,2-3H2,1H3,(H,18,19,20). The second-order valence-corrected chi connectivity index (χ2v) is 5.27. The molecule has 1 aliphatic carbocycles. The number of anilines is 2. The number of rotatable bonds is 3. The second kappa shape index (κ2) is 4.98. The first kappa shape index (κ1) is 13.2. The van der Waals surface area contributed by atoms with Crippen LogP contribution in [-0.4, -0.2) is 9.97 Å². The highest BCUT2D eigenvalue weighted by Gasteiger charge is 2.28. The Kier molecular flexibility index (Phi) is 3.30. The highest BCUT2D eigenvalue weighted by atomic mass is 35.5. The monoisotopic (exact) mass is 295 g/mol. The maximum atomic E-state index is 14.0. The number of benzene rings is 1. The van der Waals surface area contributed by atoms with Crippen LogP contribution in [0.2, 0.25) is 5.02 Å². The van der Waals surface area contributed by atoms with Crippen molar-refractivity contribution in [3.8, 4) is 0 Å². The average molecular weight is 296 g/mol. The first-order valence-corrected chi connectivity index (χ1v) is 6.68. The van der Waals surface area contributed by atoms with Gasteiger partial charge in [-0.05, 0) is 38.0 Å². The summed E-state index contributed by atoms with van der Waals surface area (Å²) in [5.74, 6) is 0.0541. The van der Waals surface area contributed by atoms with Crippen LogP contribution in [0.25, 0.3) is 0 Å². The molecule has 1 aromatic heterocycles. The minimum atomic E-state index is -0.518. The number of aromatic nitrogens is 2. The van der Waals surface area contributed by atoms with Crippen LogP contribution in [0.15, 0.2) is 18.2 Å². The van der Waals surface area contributed by atoms with E-state index in [-0.39, 0.29) is 10.8 Å². The molecule has 3 nitrogen and oxygen atoms in total. The molecular formula is C14H12ClF2N3. The van der Waals surface area contributed by atoms with Crippen molar-refractivity contribution < 1.29 is 8.78 Å². The zero-order valence-electron chi connectivity index (χ0n) is 10.8. The van der Waals surface area contributed by atoms with Crippen LogP contribution < -0.4 is 5.32 Å². The predicted octanol–water partition coefficient (Wildman–Crippen LogP) is 4.34. The molecule has 0 aliphatic heterocycles. The summed E-state index contributed by atoms with van der Waals surface area (Å²) in [5, 5.41) is 2.80. The fourth-order valence-corrected chi connectivity index (χ4v) is 2.08. The first-order chi connectivity index (χ1) is 9.54. The van der Waals surface area contributed by atoms with Gasteiger partial charge in [-0.2, -0.15) is 0 Å². The van der Waals surface area contributed by atoms with Crippen molar-refractivity contribution >= 4 is 23.1 Å². The van der Waals surface area contributed by atoms with E-state index in [0.717, 1.165) is 12.8 Å². The van der Waals surface area contributed by atoms with E-state index in [2.05, 4.69) is 15.3 Å². The van der Waals surface area contributed by atoms with Gasteiger partial charge in [0.2, 0.25) is 0 Å². The molecule has 0 atom stereocenters. The van der Waals surface area contributed by atoms with E-state index in [4.69, 9.17) is 11.6 Å². The lowest BCUT2D eigenvalue weighted by Crippen LogP contribution is -2.05. The third kappa shape index (κ3) is 2.58. The van der Waals surface area contributed by atoms with E-state index >= 15 is 0 Å². The molecule has 1 aromatic carbocycles. The summed E-state index contributed by atoms with van der Waals surface area (Å²) in [4.78, 5) is 8.36. The number of nitrogens with zero attached hydrogens (tertiary/aromatic N) is 2. The fourth-order valence-electron chi connectivity index (χ4n) is 1.90. The van der Waals surface area contributed by atoms with Gasteiger partial charge in [-0.3, -0.25) is 0 Å². The molecule has 3 rings (SSSR count). The van der Waals surface area contributed by atoms with Crippen molar-refractivity contribution in [2.45, 2.75) is 25.7 Å². The molecule has 1 N–H and O–H groups in total. The lowest BCUT2D eigenvalue weighted by Gasteiger charge is -2.10. The highest BCUT2D eigenvalue weighted by molar-refractivity contribution is 6.31. The Hall–Kier alpha value is -1.75. The Bertz CT molecular complexity index is 672. The Morgan fingerprint density at radius 2 is 2.00 bits per heavy atom. The van der Waals surface area contributed by atoms with Crippen molar-refractivity contribution in [2.24, 2.45) is 0 Å². The van der Waals surface area contributed by atoms with Gasteiger partial charge in [0.25, 0.3) is 0 Å². The molecule has 1 heterocycles. The Morgan fingerprint density at radius 1 is 1.25 bits per heavy atom. The maximum Gasteiger partial charge on any atom is 0.186 e. The number of nitrogens with one attached hydrogen (secondary N) is 1. The fraction of sp³-hybridized carbons (Fsp3) is 0.286. The van der Waals surface area contributed by atoms with Crippen LogP contribution in [0.5, 0.6) is 0 Å². The van der Waals surface area contributed by atoms with Gasteiger partial charge in [-0.15, -0.1) is 0 Å². The number of hydrogen-bond donors (Lipinski definition) is 1. The summed E-state index contributed by atoms with van der Waals surface area (Å²) in [6.45, 7) is 1.60. The van der Waals surface area contributed by atoms with Gasteiger partial charge < -0.3 is 5.32 Å². The molecule has 1 aliphatic rings. The molecule has 0 saturated heterocycles. The molecule has 0 spiro atoms. The lowest BCUT2D eigenvalue weighted by molar-refractivity contribution is 0.601. The van der Waals surface area contributed by atoms with Crippen molar-refractivity contribution in [3.05, 3.63) is 46.4 Å². The van der Waals surface area contributed by atoms with E-state index in [1.165, 1.54) is 18.2 Å². The zero-order chi connectivity index (χ0) is 14.3. The van der Waals surface area contributed by atoms with Gasteiger partial charge in [0.05, 0.1) is 10.7 Å². The van der Waals surface area contributed by atoms with Gasteiger partial charge in [0, 0.05) is 11.6 Å². The first-order valence-electron chi connectivity index (χ1n) is 6.30. The predicted molar refractivity (Wildman–Crippen MR) is 73.4 cm³/mol. The largest absolute Gasteiger partial charge is 0.338 e. The minimum Gasteiger partial charge on any atom is -0.338 e. The van der Waals surface area contributed by atoms with Crippen LogP contribution in [-0.2, 0) is 0 Å². The lowest BCUT2D eigenvalue weighted by atomic mass is 10.3. The van der Waals surface area contributed by atoms with Crippen molar-refractivity contribution in [3.63, 3.8) is 0 Å². The van der Waals surface area contributed by atoms with Gasteiger partial charge in [-0.25, -0.2) is 18.7 Å². The normalized spacial score (nSPS) is 14.4. The molecule has 0 radical (unpaired) electrons. The summed E-state index contributed by atoms with van der Waals surface area (Å²) in [7, 11) is 0. The summed E-state index contributed by atoms with van der Waals surface area (Å²) >= 11 is 5.70. The van der Waals surface area contributed by atoms with Crippen molar-refractivity contribution in [2.75, 3.05) is 5.32 Å². The molecule has 0 unspecified atom stereocenters. The molecule has 20 heavy (non-hydrogen) atoms. The Morgan fingerprint density at radius 3 is 2.65 bits per heavy atom.